The van der Waals surface area contributed by atoms with Crippen molar-refractivity contribution in [1.29, 1.82) is 0 Å². The van der Waals surface area contributed by atoms with Gasteiger partial charge in [-0.15, -0.1) is 0 Å². The molecule has 0 atom stereocenters. The third kappa shape index (κ3) is 3.03. The van der Waals surface area contributed by atoms with E-state index < -0.39 is 0 Å². The first-order valence-corrected chi connectivity index (χ1v) is 9.53. The number of aromatic nitrogens is 8. The first-order valence-electron chi connectivity index (χ1n) is 9.53. The Labute approximate surface area is 167 Å². The van der Waals surface area contributed by atoms with Crippen LogP contribution in [0.3, 0.4) is 0 Å². The number of piperazine rings is 1. The predicted octanol–water partition coefficient (Wildman–Crippen LogP) is 0.476. The highest BCUT2D eigenvalue weighted by atomic mass is 16.5. The van der Waals surface area contributed by atoms with E-state index in [0.29, 0.717) is 13.2 Å². The lowest BCUT2D eigenvalue weighted by molar-refractivity contribution is 0.188. The smallest absolute Gasteiger partial charge is 0.165 e. The van der Waals surface area contributed by atoms with E-state index in [4.69, 9.17) is 4.74 Å². The summed E-state index contributed by atoms with van der Waals surface area (Å²) < 4.78 is 9.08. The van der Waals surface area contributed by atoms with Crippen molar-refractivity contribution in [2.45, 2.75) is 6.54 Å². The van der Waals surface area contributed by atoms with E-state index >= 15 is 0 Å². The normalized spacial score (nSPS) is 15.0. The van der Waals surface area contributed by atoms with E-state index in [2.05, 4.69) is 39.7 Å². The Balaban J connectivity index is 1.37. The lowest BCUT2D eigenvalue weighted by atomic mass is 10.3. The molecule has 11 heteroatoms. The molecule has 1 saturated heterocycles. The van der Waals surface area contributed by atoms with Crippen molar-refractivity contribution in [3.8, 4) is 0 Å². The first kappa shape index (κ1) is 17.7. The fourth-order valence-electron chi connectivity index (χ4n) is 3.75. The average Bonchev–Trinajstić information content (AvgIpc) is 3.36. The van der Waals surface area contributed by atoms with Gasteiger partial charge in [-0.2, -0.15) is 0 Å². The standard InChI is InChI=1S/C18H22N10O/c1-25-11-23-13-15(25)19-9-20-16(13)26-3-5-27(6-4-26)17-14-18(22-10-21-17)28(12-24-14)7-8-29-2/h9-12H,3-8H2,1-2H3. The molecule has 0 amide bonds. The van der Waals surface area contributed by atoms with Gasteiger partial charge < -0.3 is 23.7 Å². The van der Waals surface area contributed by atoms with E-state index in [9.17, 15) is 0 Å². The molecule has 1 aliphatic rings. The van der Waals surface area contributed by atoms with Crippen LogP contribution in [0.5, 0.6) is 0 Å². The summed E-state index contributed by atoms with van der Waals surface area (Å²) in [4.78, 5) is 31.3. The van der Waals surface area contributed by atoms with Crippen molar-refractivity contribution >= 4 is 34.0 Å². The van der Waals surface area contributed by atoms with Gasteiger partial charge in [-0.05, 0) is 0 Å². The Hall–Kier alpha value is -3.34. The summed E-state index contributed by atoms with van der Waals surface area (Å²) >= 11 is 0. The molecule has 5 rings (SSSR count). The molecule has 0 aliphatic carbocycles. The summed E-state index contributed by atoms with van der Waals surface area (Å²) in [5.74, 6) is 1.75. The van der Waals surface area contributed by atoms with Crippen molar-refractivity contribution in [2.24, 2.45) is 7.05 Å². The van der Waals surface area contributed by atoms with Crippen LogP contribution in [-0.4, -0.2) is 78.9 Å². The molecule has 29 heavy (non-hydrogen) atoms. The zero-order chi connectivity index (χ0) is 19.8. The summed E-state index contributed by atoms with van der Waals surface area (Å²) in [5.41, 5.74) is 3.34. The van der Waals surface area contributed by atoms with Crippen LogP contribution in [0.15, 0.2) is 25.3 Å². The lowest BCUT2D eigenvalue weighted by Crippen LogP contribution is -2.47. The number of hydrogen-bond donors (Lipinski definition) is 0. The van der Waals surface area contributed by atoms with Crippen LogP contribution in [-0.2, 0) is 18.3 Å². The molecule has 4 aromatic heterocycles. The van der Waals surface area contributed by atoms with Crippen LogP contribution < -0.4 is 9.80 Å². The Morgan fingerprint density at radius 1 is 0.793 bits per heavy atom. The third-order valence-electron chi connectivity index (χ3n) is 5.27. The van der Waals surface area contributed by atoms with E-state index in [1.807, 2.05) is 16.2 Å². The fourth-order valence-corrected chi connectivity index (χ4v) is 3.75. The number of imidazole rings is 2. The van der Waals surface area contributed by atoms with Crippen molar-refractivity contribution in [3.05, 3.63) is 25.3 Å². The maximum absolute atomic E-state index is 5.17. The van der Waals surface area contributed by atoms with Crippen molar-refractivity contribution < 1.29 is 4.74 Å². The Bertz CT molecular complexity index is 1140. The van der Waals surface area contributed by atoms with Crippen molar-refractivity contribution in [1.82, 2.24) is 39.0 Å². The van der Waals surface area contributed by atoms with E-state index in [-0.39, 0.29) is 0 Å². The van der Waals surface area contributed by atoms with Crippen LogP contribution in [0.25, 0.3) is 22.3 Å². The van der Waals surface area contributed by atoms with Gasteiger partial charge >= 0.3 is 0 Å². The number of rotatable bonds is 5. The molecular weight excluding hydrogens is 372 g/mol. The van der Waals surface area contributed by atoms with Gasteiger partial charge in [-0.25, -0.2) is 29.9 Å². The van der Waals surface area contributed by atoms with Gasteiger partial charge in [0.1, 0.15) is 12.7 Å². The molecule has 0 unspecified atom stereocenters. The van der Waals surface area contributed by atoms with Crippen LogP contribution >= 0.6 is 0 Å². The molecule has 150 valence electrons. The van der Waals surface area contributed by atoms with Gasteiger partial charge in [0.05, 0.1) is 19.3 Å². The number of nitrogens with zero attached hydrogens (tertiary/aromatic N) is 10. The summed E-state index contributed by atoms with van der Waals surface area (Å²) in [5, 5.41) is 0. The van der Waals surface area contributed by atoms with Gasteiger partial charge in [0.2, 0.25) is 0 Å². The number of methoxy groups -OCH3 is 1. The molecule has 0 saturated carbocycles. The number of aryl methyl sites for hydroxylation is 1. The van der Waals surface area contributed by atoms with Gasteiger partial charge in [0, 0.05) is 46.9 Å². The predicted molar refractivity (Wildman–Crippen MR) is 108 cm³/mol. The maximum Gasteiger partial charge on any atom is 0.165 e. The quantitative estimate of drug-likeness (QED) is 0.478. The Kier molecular flexibility index (Phi) is 4.43. The number of ether oxygens (including phenoxy) is 1. The number of anilines is 2. The highest BCUT2D eigenvalue weighted by Gasteiger charge is 2.24. The molecule has 1 aliphatic heterocycles. The summed E-state index contributed by atoms with van der Waals surface area (Å²) in [6.45, 7) is 4.59. The monoisotopic (exact) mass is 394 g/mol. The highest BCUT2D eigenvalue weighted by molar-refractivity contribution is 5.85. The second kappa shape index (κ2) is 7.24. The first-order chi connectivity index (χ1) is 14.3. The topological polar surface area (TPSA) is 103 Å². The van der Waals surface area contributed by atoms with Gasteiger partial charge in [0.25, 0.3) is 0 Å². The number of fused-ring (bicyclic) bond motifs is 2. The molecule has 0 spiro atoms. The maximum atomic E-state index is 5.17. The molecule has 5 heterocycles. The molecule has 0 bridgehead atoms. The molecule has 1 fully saturated rings. The summed E-state index contributed by atoms with van der Waals surface area (Å²) in [7, 11) is 3.63. The minimum Gasteiger partial charge on any atom is -0.383 e. The minimum absolute atomic E-state index is 0.615. The zero-order valence-electron chi connectivity index (χ0n) is 16.4. The lowest BCUT2D eigenvalue weighted by Gasteiger charge is -2.35. The SMILES string of the molecule is COCCn1cnc2c(N3CCN(c4ncnc5c4ncn5C)CC3)ncnc21. The largest absolute Gasteiger partial charge is 0.383 e. The molecule has 4 aromatic rings. The second-order valence-corrected chi connectivity index (χ2v) is 7.00. The Morgan fingerprint density at radius 2 is 1.38 bits per heavy atom. The van der Waals surface area contributed by atoms with Crippen LogP contribution in [0, 0.1) is 0 Å². The second-order valence-electron chi connectivity index (χ2n) is 7.00. The molecule has 0 radical (unpaired) electrons. The summed E-state index contributed by atoms with van der Waals surface area (Å²) in [6, 6.07) is 0. The molecule has 11 nitrogen and oxygen atoms in total. The zero-order valence-corrected chi connectivity index (χ0v) is 16.4. The molecule has 0 N–H and O–H groups in total. The van der Waals surface area contributed by atoms with E-state index in [1.165, 1.54) is 0 Å². The van der Waals surface area contributed by atoms with Crippen molar-refractivity contribution in [2.75, 3.05) is 49.7 Å². The van der Waals surface area contributed by atoms with Crippen LogP contribution in [0.1, 0.15) is 0 Å². The van der Waals surface area contributed by atoms with Gasteiger partial charge in [0.15, 0.2) is 34.0 Å². The highest BCUT2D eigenvalue weighted by Crippen LogP contribution is 2.26. The fraction of sp³-hybridized carbons (Fsp3) is 0.444. The molecular formula is C18H22N10O. The van der Waals surface area contributed by atoms with Gasteiger partial charge in [-0.1, -0.05) is 0 Å². The van der Waals surface area contributed by atoms with E-state index in [1.54, 1.807) is 32.4 Å². The minimum atomic E-state index is 0.615. The van der Waals surface area contributed by atoms with Gasteiger partial charge in [-0.3, -0.25) is 0 Å². The van der Waals surface area contributed by atoms with Crippen LogP contribution in [0.2, 0.25) is 0 Å². The summed E-state index contributed by atoms with van der Waals surface area (Å²) in [6.07, 6.45) is 6.79. The van der Waals surface area contributed by atoms with Crippen molar-refractivity contribution in [3.63, 3.8) is 0 Å². The average molecular weight is 394 g/mol. The molecule has 0 aromatic carbocycles. The van der Waals surface area contributed by atoms with E-state index in [0.717, 1.165) is 60.1 Å². The van der Waals surface area contributed by atoms with Crippen LogP contribution in [0.4, 0.5) is 11.6 Å². The number of hydrogen-bond acceptors (Lipinski definition) is 9. The third-order valence-corrected chi connectivity index (χ3v) is 5.27. The Morgan fingerprint density at radius 3 is 2.03 bits per heavy atom.